The van der Waals surface area contributed by atoms with Gasteiger partial charge >= 0.3 is 6.01 Å². The topological polar surface area (TPSA) is 105 Å². The molecule has 0 unspecified atom stereocenters. The first-order chi connectivity index (χ1) is 13.8. The molecule has 29 heavy (non-hydrogen) atoms. The molecule has 0 radical (unpaired) electrons. The molecule has 156 valence electrons. The minimum Gasteiger partial charge on any atom is -0.460 e. The third kappa shape index (κ3) is 6.37. The second-order valence-corrected chi connectivity index (χ2v) is 7.65. The highest BCUT2D eigenvalue weighted by Gasteiger charge is 2.19. The summed E-state index contributed by atoms with van der Waals surface area (Å²) in [5, 5.41) is 14.2. The van der Waals surface area contributed by atoms with E-state index >= 15 is 0 Å². The number of aliphatic hydroxyl groups is 1. The number of hydrogen-bond donors (Lipinski definition) is 2. The summed E-state index contributed by atoms with van der Waals surface area (Å²) in [7, 11) is 0. The van der Waals surface area contributed by atoms with Gasteiger partial charge in [-0.1, -0.05) is 6.07 Å². The number of benzene rings is 1. The van der Waals surface area contributed by atoms with Crippen LogP contribution in [0.15, 0.2) is 23.3 Å². The van der Waals surface area contributed by atoms with E-state index in [1.165, 1.54) is 17.3 Å². The molecular formula is C20H28N6O3. The van der Waals surface area contributed by atoms with Gasteiger partial charge in [0.2, 0.25) is 5.95 Å². The lowest BCUT2D eigenvalue weighted by Crippen LogP contribution is -2.37. The number of morpholine rings is 1. The van der Waals surface area contributed by atoms with E-state index in [0.29, 0.717) is 38.1 Å². The molecule has 0 spiro atoms. The van der Waals surface area contributed by atoms with Crippen LogP contribution in [0.25, 0.3) is 0 Å². The van der Waals surface area contributed by atoms with Crippen LogP contribution in [0.1, 0.15) is 30.8 Å². The number of anilines is 2. The molecule has 2 heterocycles. The molecule has 1 aromatic carbocycles. The molecule has 2 N–H and O–H groups in total. The summed E-state index contributed by atoms with van der Waals surface area (Å²) >= 11 is 0. The second-order valence-electron chi connectivity index (χ2n) is 7.65. The number of aromatic nitrogens is 3. The number of hydrogen-bond acceptors (Lipinski definition) is 9. The Kier molecular flexibility index (Phi) is 6.60. The number of aryl methyl sites for hydroxylation is 2. The molecule has 0 aliphatic carbocycles. The fourth-order valence-electron chi connectivity index (χ4n) is 2.60. The number of rotatable bonds is 7. The van der Waals surface area contributed by atoms with Crippen molar-refractivity contribution in [2.24, 2.45) is 5.10 Å². The first-order valence-electron chi connectivity index (χ1n) is 9.60. The van der Waals surface area contributed by atoms with Crippen LogP contribution in [-0.2, 0) is 4.74 Å². The van der Waals surface area contributed by atoms with E-state index in [2.05, 4.69) is 39.3 Å². The van der Waals surface area contributed by atoms with E-state index in [0.717, 1.165) is 5.69 Å². The van der Waals surface area contributed by atoms with Crippen LogP contribution < -0.4 is 15.1 Å². The zero-order valence-corrected chi connectivity index (χ0v) is 17.3. The van der Waals surface area contributed by atoms with Crippen molar-refractivity contribution in [3.63, 3.8) is 0 Å². The van der Waals surface area contributed by atoms with Crippen LogP contribution >= 0.6 is 0 Å². The molecule has 1 aliphatic heterocycles. The van der Waals surface area contributed by atoms with Crippen molar-refractivity contribution in [2.45, 2.75) is 33.3 Å². The van der Waals surface area contributed by atoms with E-state index in [1.54, 1.807) is 13.8 Å². The third-order valence-corrected chi connectivity index (χ3v) is 4.35. The highest BCUT2D eigenvalue weighted by atomic mass is 16.5. The van der Waals surface area contributed by atoms with E-state index < -0.39 is 5.60 Å². The van der Waals surface area contributed by atoms with Gasteiger partial charge in [-0.3, -0.25) is 5.43 Å². The Balaban J connectivity index is 1.78. The lowest BCUT2D eigenvalue weighted by molar-refractivity contribution is 0.0249. The van der Waals surface area contributed by atoms with Crippen LogP contribution in [-0.4, -0.2) is 64.8 Å². The Labute approximate surface area is 170 Å². The third-order valence-electron chi connectivity index (χ3n) is 4.35. The SMILES string of the molecule is Cc1ccc(N/N=C/c2nc(OCC(C)(C)O)nc(N3CCOCC3)n2)cc1C. The summed E-state index contributed by atoms with van der Waals surface area (Å²) in [6, 6.07) is 6.17. The van der Waals surface area contributed by atoms with Gasteiger partial charge in [0, 0.05) is 13.1 Å². The standard InChI is InChI=1S/C20H28N6O3/c1-14-5-6-16(11-15(14)2)25-21-12-17-22-18(26-7-9-28-10-8-26)24-19(23-17)29-13-20(3,4)27/h5-6,11-12,25,27H,7-10,13H2,1-4H3/b21-12+. The van der Waals surface area contributed by atoms with Crippen LogP contribution in [0.2, 0.25) is 0 Å². The highest BCUT2D eigenvalue weighted by molar-refractivity contribution is 5.75. The Morgan fingerprint density at radius 1 is 1.21 bits per heavy atom. The van der Waals surface area contributed by atoms with Gasteiger partial charge in [0.15, 0.2) is 5.82 Å². The van der Waals surface area contributed by atoms with Gasteiger partial charge in [0.25, 0.3) is 0 Å². The lowest BCUT2D eigenvalue weighted by atomic mass is 10.1. The van der Waals surface area contributed by atoms with Crippen molar-refractivity contribution >= 4 is 17.9 Å². The van der Waals surface area contributed by atoms with Gasteiger partial charge in [-0.2, -0.15) is 20.1 Å². The average Bonchev–Trinajstić information content (AvgIpc) is 2.69. The summed E-state index contributed by atoms with van der Waals surface area (Å²) < 4.78 is 11.0. The zero-order valence-electron chi connectivity index (χ0n) is 17.3. The molecule has 3 rings (SSSR count). The fourth-order valence-corrected chi connectivity index (χ4v) is 2.60. The molecule has 0 saturated carbocycles. The summed E-state index contributed by atoms with van der Waals surface area (Å²) in [5.74, 6) is 0.866. The van der Waals surface area contributed by atoms with Gasteiger partial charge in [-0.15, -0.1) is 0 Å². The van der Waals surface area contributed by atoms with Crippen LogP contribution in [0.5, 0.6) is 6.01 Å². The minimum absolute atomic E-state index is 0.0665. The predicted octanol–water partition coefficient (Wildman–Crippen LogP) is 1.92. The van der Waals surface area contributed by atoms with E-state index in [-0.39, 0.29) is 12.6 Å². The van der Waals surface area contributed by atoms with Gasteiger partial charge < -0.3 is 19.5 Å². The quantitative estimate of drug-likeness (QED) is 0.537. The van der Waals surface area contributed by atoms with Gasteiger partial charge in [-0.25, -0.2) is 0 Å². The van der Waals surface area contributed by atoms with E-state index in [1.807, 2.05) is 23.1 Å². The molecule has 1 fully saturated rings. The first kappa shape index (κ1) is 20.9. The molecule has 0 atom stereocenters. The molecule has 0 bridgehead atoms. The number of nitrogens with one attached hydrogen (secondary N) is 1. The smallest absolute Gasteiger partial charge is 0.321 e. The Morgan fingerprint density at radius 2 is 1.97 bits per heavy atom. The monoisotopic (exact) mass is 400 g/mol. The average molecular weight is 400 g/mol. The number of hydrazone groups is 1. The van der Waals surface area contributed by atoms with E-state index in [4.69, 9.17) is 9.47 Å². The summed E-state index contributed by atoms with van der Waals surface area (Å²) in [4.78, 5) is 15.2. The minimum atomic E-state index is -0.995. The Hall–Kier alpha value is -2.78. The van der Waals surface area contributed by atoms with Crippen molar-refractivity contribution in [1.82, 2.24) is 15.0 Å². The van der Waals surface area contributed by atoms with Crippen molar-refractivity contribution < 1.29 is 14.6 Å². The van der Waals surface area contributed by atoms with Crippen molar-refractivity contribution in [2.75, 3.05) is 43.2 Å². The molecule has 1 aromatic heterocycles. The van der Waals surface area contributed by atoms with Gasteiger partial charge in [-0.05, 0) is 51.0 Å². The maximum Gasteiger partial charge on any atom is 0.321 e. The number of nitrogens with zero attached hydrogens (tertiary/aromatic N) is 5. The Bertz CT molecular complexity index is 860. The largest absolute Gasteiger partial charge is 0.460 e. The first-order valence-corrected chi connectivity index (χ1v) is 9.60. The van der Waals surface area contributed by atoms with E-state index in [9.17, 15) is 5.11 Å². The predicted molar refractivity (Wildman–Crippen MR) is 112 cm³/mol. The van der Waals surface area contributed by atoms with Crippen molar-refractivity contribution in [1.29, 1.82) is 0 Å². The van der Waals surface area contributed by atoms with Crippen LogP contribution in [0.4, 0.5) is 11.6 Å². The molecule has 1 aliphatic rings. The van der Waals surface area contributed by atoms with Crippen molar-refractivity contribution in [3.05, 3.63) is 35.2 Å². The zero-order chi connectivity index (χ0) is 20.9. The fraction of sp³-hybridized carbons (Fsp3) is 0.500. The van der Waals surface area contributed by atoms with Gasteiger partial charge in [0.05, 0.1) is 30.7 Å². The maximum atomic E-state index is 9.92. The summed E-state index contributed by atoms with van der Waals surface area (Å²) in [6.07, 6.45) is 1.53. The lowest BCUT2D eigenvalue weighted by Gasteiger charge is -2.27. The summed E-state index contributed by atoms with van der Waals surface area (Å²) in [6.45, 7) is 10.1. The van der Waals surface area contributed by atoms with Crippen LogP contribution in [0, 0.1) is 13.8 Å². The Morgan fingerprint density at radius 3 is 2.66 bits per heavy atom. The van der Waals surface area contributed by atoms with Gasteiger partial charge in [0.1, 0.15) is 6.61 Å². The molecule has 9 heteroatoms. The highest BCUT2D eigenvalue weighted by Crippen LogP contribution is 2.16. The summed E-state index contributed by atoms with van der Waals surface area (Å²) in [5.41, 5.74) is 5.28. The molecule has 9 nitrogen and oxygen atoms in total. The molecule has 2 aromatic rings. The molecular weight excluding hydrogens is 372 g/mol. The van der Waals surface area contributed by atoms with Crippen molar-refractivity contribution in [3.8, 4) is 6.01 Å². The molecule has 1 saturated heterocycles. The second kappa shape index (κ2) is 9.15. The molecule has 0 amide bonds. The number of ether oxygens (including phenoxy) is 2. The van der Waals surface area contributed by atoms with Crippen LogP contribution in [0.3, 0.4) is 0 Å². The maximum absolute atomic E-state index is 9.92. The normalized spacial score (nSPS) is 15.0.